The minimum atomic E-state index is 0.730. The summed E-state index contributed by atoms with van der Waals surface area (Å²) < 4.78 is 6.18. The number of methoxy groups -OCH3 is 1. The first kappa shape index (κ1) is 16.6. The molecule has 0 heterocycles. The van der Waals surface area contributed by atoms with E-state index in [-0.39, 0.29) is 0 Å². The molecule has 0 bridgehead atoms. The first-order chi connectivity index (χ1) is 10.2. The number of rotatable bonds is 7. The smallest absolute Gasteiger partial charge is 0.0587 e. The number of benzene rings is 2. The Balaban J connectivity index is 2.13. The quantitative estimate of drug-likeness (QED) is 0.721. The van der Waals surface area contributed by atoms with Gasteiger partial charge in [-0.15, -0.1) is 0 Å². The number of ether oxygens (including phenoxy) is 1. The van der Waals surface area contributed by atoms with Crippen LogP contribution in [0, 0.1) is 6.92 Å². The molecule has 0 spiro atoms. The molecule has 2 rings (SSSR count). The summed E-state index contributed by atoms with van der Waals surface area (Å²) in [5.41, 5.74) is 2.61. The van der Waals surface area contributed by atoms with Crippen LogP contribution in [0.1, 0.15) is 11.1 Å². The zero-order chi connectivity index (χ0) is 15.1. The summed E-state index contributed by atoms with van der Waals surface area (Å²) in [6.45, 7) is 4.58. The lowest BCUT2D eigenvalue weighted by Gasteiger charge is -2.12. The molecule has 0 aliphatic rings. The van der Waals surface area contributed by atoms with Crippen LogP contribution in [-0.2, 0) is 11.3 Å². The highest BCUT2D eigenvalue weighted by molar-refractivity contribution is 9.10. The van der Waals surface area contributed by atoms with E-state index in [0.717, 1.165) is 24.2 Å². The van der Waals surface area contributed by atoms with Gasteiger partial charge in [0.15, 0.2) is 0 Å². The second-order valence-corrected chi connectivity index (χ2v) is 6.79. The van der Waals surface area contributed by atoms with E-state index in [9.17, 15) is 0 Å². The Labute approximate surface area is 139 Å². The molecule has 0 aromatic heterocycles. The third kappa shape index (κ3) is 5.15. The van der Waals surface area contributed by atoms with Crippen molar-refractivity contribution in [3.63, 3.8) is 0 Å². The molecule has 0 saturated carbocycles. The topological polar surface area (TPSA) is 21.3 Å². The average Bonchev–Trinajstić information content (AvgIpc) is 2.48. The lowest BCUT2D eigenvalue weighted by Crippen LogP contribution is -2.18. The van der Waals surface area contributed by atoms with Crippen LogP contribution in [0.3, 0.4) is 0 Å². The van der Waals surface area contributed by atoms with Crippen LogP contribution in [0.4, 0.5) is 0 Å². The Bertz CT molecular complexity index is 589. The van der Waals surface area contributed by atoms with Gasteiger partial charge in [-0.2, -0.15) is 0 Å². The molecule has 0 aliphatic heterocycles. The van der Waals surface area contributed by atoms with Crippen molar-refractivity contribution < 1.29 is 4.74 Å². The highest BCUT2D eigenvalue weighted by Crippen LogP contribution is 2.33. The minimum absolute atomic E-state index is 0.730. The van der Waals surface area contributed by atoms with E-state index in [4.69, 9.17) is 4.74 Å². The number of halogens is 1. The first-order valence-corrected chi connectivity index (χ1v) is 8.53. The molecule has 4 heteroatoms. The fourth-order valence-electron chi connectivity index (χ4n) is 1.97. The zero-order valence-electron chi connectivity index (χ0n) is 12.4. The van der Waals surface area contributed by atoms with Crippen LogP contribution >= 0.6 is 27.7 Å². The molecule has 112 valence electrons. The molecule has 2 nitrogen and oxygen atoms in total. The lowest BCUT2D eigenvalue weighted by atomic mass is 10.2. The molecule has 2 aromatic rings. The lowest BCUT2D eigenvalue weighted by molar-refractivity contribution is 0.199. The van der Waals surface area contributed by atoms with Gasteiger partial charge in [-0.1, -0.05) is 45.9 Å². The van der Waals surface area contributed by atoms with Crippen LogP contribution in [0.25, 0.3) is 0 Å². The van der Waals surface area contributed by atoms with Crippen molar-refractivity contribution in [3.8, 4) is 0 Å². The van der Waals surface area contributed by atoms with E-state index in [1.807, 2.05) is 11.8 Å². The van der Waals surface area contributed by atoms with Gasteiger partial charge in [0.25, 0.3) is 0 Å². The Morgan fingerprint density at radius 2 is 1.95 bits per heavy atom. The molecule has 0 aliphatic carbocycles. The highest BCUT2D eigenvalue weighted by Gasteiger charge is 2.07. The molecule has 2 aromatic carbocycles. The van der Waals surface area contributed by atoms with Gasteiger partial charge in [0.2, 0.25) is 0 Å². The Morgan fingerprint density at radius 1 is 1.14 bits per heavy atom. The SMILES string of the molecule is COCCNCc1cc(Br)ccc1Sc1ccccc1C. The molecule has 0 fully saturated rings. The highest BCUT2D eigenvalue weighted by atomic mass is 79.9. The molecule has 0 saturated heterocycles. The monoisotopic (exact) mass is 365 g/mol. The van der Waals surface area contributed by atoms with Gasteiger partial charge in [-0.25, -0.2) is 0 Å². The predicted molar refractivity (Wildman–Crippen MR) is 93.0 cm³/mol. The summed E-state index contributed by atoms with van der Waals surface area (Å²) in [4.78, 5) is 2.59. The molecule has 21 heavy (non-hydrogen) atoms. The van der Waals surface area contributed by atoms with E-state index in [1.54, 1.807) is 7.11 Å². The maximum atomic E-state index is 5.07. The van der Waals surface area contributed by atoms with Crippen molar-refractivity contribution in [1.29, 1.82) is 0 Å². The largest absolute Gasteiger partial charge is 0.383 e. The molecule has 0 unspecified atom stereocenters. The van der Waals surface area contributed by atoms with Crippen molar-refractivity contribution in [1.82, 2.24) is 5.32 Å². The second kappa shape index (κ2) is 8.59. The van der Waals surface area contributed by atoms with Gasteiger partial charge in [0.05, 0.1) is 6.61 Å². The van der Waals surface area contributed by atoms with Gasteiger partial charge in [-0.3, -0.25) is 0 Å². The molecular formula is C17H20BrNOS. The Hall–Kier alpha value is -0.810. The van der Waals surface area contributed by atoms with Crippen molar-refractivity contribution in [2.24, 2.45) is 0 Å². The third-order valence-corrected chi connectivity index (χ3v) is 4.92. The summed E-state index contributed by atoms with van der Waals surface area (Å²) in [5, 5.41) is 3.41. The molecule has 1 N–H and O–H groups in total. The summed E-state index contributed by atoms with van der Waals surface area (Å²) >= 11 is 5.38. The van der Waals surface area contributed by atoms with Crippen molar-refractivity contribution in [2.75, 3.05) is 20.3 Å². The number of aryl methyl sites for hydroxylation is 1. The van der Waals surface area contributed by atoms with E-state index in [1.165, 1.54) is 20.9 Å². The Morgan fingerprint density at radius 3 is 2.71 bits per heavy atom. The van der Waals surface area contributed by atoms with Crippen LogP contribution in [0.15, 0.2) is 56.7 Å². The van der Waals surface area contributed by atoms with Crippen LogP contribution < -0.4 is 5.32 Å². The van der Waals surface area contributed by atoms with Crippen LogP contribution in [0.2, 0.25) is 0 Å². The maximum absolute atomic E-state index is 5.07. The van der Waals surface area contributed by atoms with E-state index < -0.39 is 0 Å². The standard InChI is InChI=1S/C17H20BrNOS/c1-13-5-3-4-6-16(13)21-17-8-7-15(18)11-14(17)12-19-9-10-20-2/h3-8,11,19H,9-10,12H2,1-2H3. The van der Waals surface area contributed by atoms with Crippen molar-refractivity contribution in [3.05, 3.63) is 58.1 Å². The normalized spacial score (nSPS) is 10.8. The van der Waals surface area contributed by atoms with Gasteiger partial charge in [-0.05, 0) is 42.3 Å². The minimum Gasteiger partial charge on any atom is -0.383 e. The number of nitrogens with one attached hydrogen (secondary N) is 1. The van der Waals surface area contributed by atoms with E-state index >= 15 is 0 Å². The van der Waals surface area contributed by atoms with Crippen LogP contribution in [0.5, 0.6) is 0 Å². The van der Waals surface area contributed by atoms with Gasteiger partial charge in [0.1, 0.15) is 0 Å². The molecular weight excluding hydrogens is 346 g/mol. The molecule has 0 atom stereocenters. The van der Waals surface area contributed by atoms with Crippen molar-refractivity contribution >= 4 is 27.7 Å². The van der Waals surface area contributed by atoms with Crippen LogP contribution in [-0.4, -0.2) is 20.3 Å². The fourth-order valence-corrected chi connectivity index (χ4v) is 3.39. The van der Waals surface area contributed by atoms with E-state index in [0.29, 0.717) is 0 Å². The average molecular weight is 366 g/mol. The summed E-state index contributed by atoms with van der Waals surface area (Å²) in [6, 6.07) is 14.9. The Kier molecular flexibility index (Phi) is 6.77. The maximum Gasteiger partial charge on any atom is 0.0587 e. The fraction of sp³-hybridized carbons (Fsp3) is 0.294. The zero-order valence-corrected chi connectivity index (χ0v) is 14.8. The van der Waals surface area contributed by atoms with Gasteiger partial charge in [0, 0.05) is 34.5 Å². The second-order valence-electron chi connectivity index (χ2n) is 4.79. The molecule has 0 radical (unpaired) electrons. The van der Waals surface area contributed by atoms with Crippen molar-refractivity contribution in [2.45, 2.75) is 23.3 Å². The summed E-state index contributed by atoms with van der Waals surface area (Å²) in [6.07, 6.45) is 0. The molecule has 0 amide bonds. The van der Waals surface area contributed by atoms with Gasteiger partial charge < -0.3 is 10.1 Å². The first-order valence-electron chi connectivity index (χ1n) is 6.92. The third-order valence-electron chi connectivity index (χ3n) is 3.13. The van der Waals surface area contributed by atoms with E-state index in [2.05, 4.69) is 70.6 Å². The predicted octanol–water partition coefficient (Wildman–Crippen LogP) is 4.64. The number of hydrogen-bond acceptors (Lipinski definition) is 3. The summed E-state index contributed by atoms with van der Waals surface area (Å²) in [7, 11) is 1.72. The van der Waals surface area contributed by atoms with Gasteiger partial charge >= 0.3 is 0 Å². The summed E-state index contributed by atoms with van der Waals surface area (Å²) in [5.74, 6) is 0. The number of hydrogen-bond donors (Lipinski definition) is 1.